The maximum Gasteiger partial charge on any atom is 0.180 e. The summed E-state index contributed by atoms with van der Waals surface area (Å²) in [5.74, 6) is 1.34. The number of hydrogen-bond donors (Lipinski definition) is 0. The summed E-state index contributed by atoms with van der Waals surface area (Å²) in [4.78, 5) is 18.4. The highest BCUT2D eigenvalue weighted by molar-refractivity contribution is 5.56. The summed E-state index contributed by atoms with van der Waals surface area (Å²) in [6.07, 6.45) is 10.3. The van der Waals surface area contributed by atoms with Crippen LogP contribution in [0.1, 0.15) is 12.0 Å². The lowest BCUT2D eigenvalue weighted by Crippen LogP contribution is -2.45. The molecule has 5 nitrogen and oxygen atoms in total. The van der Waals surface area contributed by atoms with Crippen molar-refractivity contribution in [1.82, 2.24) is 19.9 Å². The Kier molecular flexibility index (Phi) is 5.25. The fourth-order valence-corrected chi connectivity index (χ4v) is 3.55. The molecule has 0 radical (unpaired) electrons. The van der Waals surface area contributed by atoms with Crippen LogP contribution < -0.4 is 4.90 Å². The molecule has 0 saturated carbocycles. The van der Waals surface area contributed by atoms with Crippen LogP contribution >= 0.6 is 0 Å². The van der Waals surface area contributed by atoms with Crippen LogP contribution in [-0.2, 0) is 6.42 Å². The number of nitrogens with zero attached hydrogens (tertiary/aromatic N) is 5. The molecular formula is C21H24FN5. The van der Waals surface area contributed by atoms with Crippen molar-refractivity contribution in [3.63, 3.8) is 0 Å². The second kappa shape index (κ2) is 7.96. The van der Waals surface area contributed by atoms with E-state index in [4.69, 9.17) is 4.98 Å². The predicted molar refractivity (Wildman–Crippen MR) is 105 cm³/mol. The number of aromatic nitrogens is 3. The molecule has 1 unspecified atom stereocenters. The largest absolute Gasteiger partial charge is 0.354 e. The molecule has 1 fully saturated rings. The van der Waals surface area contributed by atoms with Crippen LogP contribution in [0.3, 0.4) is 0 Å². The van der Waals surface area contributed by atoms with Gasteiger partial charge in [-0.2, -0.15) is 0 Å². The molecule has 2 aromatic rings. The number of hydrogen-bond acceptors (Lipinski definition) is 5. The normalized spacial score (nSPS) is 20.6. The first-order valence-electron chi connectivity index (χ1n) is 9.44. The first-order valence-corrected chi connectivity index (χ1v) is 9.44. The predicted octanol–water partition coefficient (Wildman–Crippen LogP) is 3.26. The van der Waals surface area contributed by atoms with E-state index in [9.17, 15) is 4.39 Å². The average molecular weight is 365 g/mol. The molecule has 3 heterocycles. The van der Waals surface area contributed by atoms with E-state index in [1.807, 2.05) is 30.5 Å². The van der Waals surface area contributed by atoms with Crippen LogP contribution in [0.2, 0.25) is 0 Å². The molecule has 0 N–H and O–H groups in total. The number of piperazine rings is 1. The molecule has 2 aliphatic rings. The maximum atomic E-state index is 14.2. The van der Waals surface area contributed by atoms with Gasteiger partial charge in [0.25, 0.3) is 0 Å². The van der Waals surface area contributed by atoms with E-state index >= 15 is 0 Å². The highest BCUT2D eigenvalue weighted by Gasteiger charge is 2.23. The van der Waals surface area contributed by atoms with Crippen LogP contribution in [-0.4, -0.2) is 53.1 Å². The first kappa shape index (κ1) is 17.8. The van der Waals surface area contributed by atoms with Crippen molar-refractivity contribution in [3.8, 4) is 11.5 Å². The Labute approximate surface area is 159 Å². The lowest BCUT2D eigenvalue weighted by Gasteiger charge is -2.34. The van der Waals surface area contributed by atoms with Gasteiger partial charge in [0.15, 0.2) is 5.82 Å². The number of likely N-dealkylation sites (N-methyl/N-ethyl adjacent to an activating group) is 1. The van der Waals surface area contributed by atoms with Gasteiger partial charge in [-0.15, -0.1) is 0 Å². The summed E-state index contributed by atoms with van der Waals surface area (Å²) < 4.78 is 14.2. The molecule has 1 aliphatic heterocycles. The minimum absolute atomic E-state index is 0.0596. The summed E-state index contributed by atoms with van der Waals surface area (Å²) >= 11 is 0. The molecule has 4 rings (SSSR count). The zero-order valence-corrected chi connectivity index (χ0v) is 15.6. The average Bonchev–Trinajstić information content (AvgIpc) is 2.71. The van der Waals surface area contributed by atoms with Gasteiger partial charge in [-0.3, -0.25) is 4.98 Å². The lowest BCUT2D eigenvalue weighted by molar-refractivity contribution is 0.311. The molecule has 0 bridgehead atoms. The van der Waals surface area contributed by atoms with E-state index in [-0.39, 0.29) is 11.7 Å². The molecule has 0 aromatic carbocycles. The Bertz CT molecular complexity index is 841. The fourth-order valence-electron chi connectivity index (χ4n) is 3.55. The highest BCUT2D eigenvalue weighted by Crippen LogP contribution is 2.30. The topological polar surface area (TPSA) is 45.2 Å². The molecule has 0 amide bonds. The molecule has 2 aromatic heterocycles. The van der Waals surface area contributed by atoms with Gasteiger partial charge in [-0.05, 0) is 38.1 Å². The van der Waals surface area contributed by atoms with Crippen molar-refractivity contribution in [2.45, 2.75) is 12.8 Å². The van der Waals surface area contributed by atoms with E-state index in [1.165, 1.54) is 0 Å². The minimum atomic E-state index is -0.134. The van der Waals surface area contributed by atoms with Crippen LogP contribution in [0.5, 0.6) is 0 Å². The number of pyridine rings is 1. The Hall–Kier alpha value is -2.60. The van der Waals surface area contributed by atoms with Gasteiger partial charge in [0.1, 0.15) is 17.3 Å². The van der Waals surface area contributed by atoms with Crippen molar-refractivity contribution in [2.24, 2.45) is 5.92 Å². The number of allylic oxidation sites excluding steroid dienone is 4. The summed E-state index contributed by atoms with van der Waals surface area (Å²) in [6.45, 7) is 3.79. The minimum Gasteiger partial charge on any atom is -0.354 e. The molecule has 140 valence electrons. The molecule has 6 heteroatoms. The molecular weight excluding hydrogens is 341 g/mol. The Balaban J connectivity index is 1.67. The van der Waals surface area contributed by atoms with Crippen LogP contribution in [0.25, 0.3) is 11.5 Å². The quantitative estimate of drug-likeness (QED) is 0.832. The van der Waals surface area contributed by atoms with Gasteiger partial charge in [-0.1, -0.05) is 18.2 Å². The SMILES string of the molecule is CN1CCN(c2nc(-c3ccccn3)ncc2CC2CC=CC=C2F)CC1. The van der Waals surface area contributed by atoms with E-state index in [1.54, 1.807) is 18.3 Å². The van der Waals surface area contributed by atoms with Gasteiger partial charge >= 0.3 is 0 Å². The van der Waals surface area contributed by atoms with Crippen LogP contribution in [0.15, 0.2) is 54.6 Å². The van der Waals surface area contributed by atoms with Crippen LogP contribution in [0, 0.1) is 5.92 Å². The van der Waals surface area contributed by atoms with Gasteiger partial charge in [0, 0.05) is 50.1 Å². The van der Waals surface area contributed by atoms with Crippen LogP contribution in [0.4, 0.5) is 10.2 Å². The summed E-state index contributed by atoms with van der Waals surface area (Å²) in [5, 5.41) is 0. The third-order valence-electron chi connectivity index (χ3n) is 5.21. The molecule has 1 saturated heterocycles. The van der Waals surface area contributed by atoms with E-state index in [0.29, 0.717) is 18.7 Å². The van der Waals surface area contributed by atoms with Crippen molar-refractivity contribution in [3.05, 3.63) is 60.2 Å². The number of anilines is 1. The zero-order valence-electron chi connectivity index (χ0n) is 15.6. The van der Waals surface area contributed by atoms with Crippen molar-refractivity contribution >= 4 is 5.82 Å². The standard InChI is InChI=1S/C21H24FN5/c1-26-10-12-27(13-11-26)21-17(14-16-6-2-3-7-18(16)22)15-24-20(25-21)19-8-4-5-9-23-19/h2-5,7-9,15-16H,6,10-14H2,1H3. The third-order valence-corrected chi connectivity index (χ3v) is 5.21. The van der Waals surface area contributed by atoms with Gasteiger partial charge < -0.3 is 9.80 Å². The zero-order chi connectivity index (χ0) is 18.6. The third kappa shape index (κ3) is 4.06. The smallest absolute Gasteiger partial charge is 0.180 e. The van der Waals surface area contributed by atoms with Gasteiger partial charge in [-0.25, -0.2) is 14.4 Å². The van der Waals surface area contributed by atoms with Crippen molar-refractivity contribution in [2.75, 3.05) is 38.1 Å². The first-order chi connectivity index (χ1) is 13.2. The maximum absolute atomic E-state index is 14.2. The Morgan fingerprint density at radius 3 is 2.74 bits per heavy atom. The Morgan fingerprint density at radius 1 is 1.15 bits per heavy atom. The monoisotopic (exact) mass is 365 g/mol. The van der Waals surface area contributed by atoms with E-state index < -0.39 is 0 Å². The number of rotatable bonds is 4. The lowest BCUT2D eigenvalue weighted by atomic mass is 9.92. The summed E-state index contributed by atoms with van der Waals surface area (Å²) in [7, 11) is 2.13. The van der Waals surface area contributed by atoms with E-state index in [0.717, 1.165) is 43.3 Å². The van der Waals surface area contributed by atoms with E-state index in [2.05, 4.69) is 26.8 Å². The van der Waals surface area contributed by atoms with Crippen molar-refractivity contribution in [1.29, 1.82) is 0 Å². The van der Waals surface area contributed by atoms with Gasteiger partial charge in [0.2, 0.25) is 0 Å². The second-order valence-electron chi connectivity index (χ2n) is 7.16. The summed E-state index contributed by atoms with van der Waals surface area (Å²) in [6, 6.07) is 5.73. The molecule has 0 spiro atoms. The molecule has 27 heavy (non-hydrogen) atoms. The summed E-state index contributed by atoms with van der Waals surface area (Å²) in [5.41, 5.74) is 1.76. The highest BCUT2D eigenvalue weighted by atomic mass is 19.1. The number of halogens is 1. The Morgan fingerprint density at radius 2 is 2.00 bits per heavy atom. The molecule has 1 aliphatic carbocycles. The molecule has 1 atom stereocenters. The van der Waals surface area contributed by atoms with Gasteiger partial charge in [0.05, 0.1) is 0 Å². The fraction of sp³-hybridized carbons (Fsp3) is 0.381. The van der Waals surface area contributed by atoms with Crippen molar-refractivity contribution < 1.29 is 4.39 Å². The second-order valence-corrected chi connectivity index (χ2v) is 7.16.